The molecule has 1 aliphatic heterocycles. The van der Waals surface area contributed by atoms with E-state index in [0.29, 0.717) is 6.54 Å². The van der Waals surface area contributed by atoms with Gasteiger partial charge in [-0.1, -0.05) is 6.92 Å². The molecule has 1 saturated heterocycles. The Balaban J connectivity index is 2.75. The van der Waals surface area contributed by atoms with Crippen molar-refractivity contribution in [1.29, 1.82) is 0 Å². The van der Waals surface area contributed by atoms with E-state index in [1.807, 2.05) is 13.8 Å². The molecule has 18 heavy (non-hydrogen) atoms. The molecule has 2 unspecified atom stereocenters. The molecule has 0 amide bonds. The van der Waals surface area contributed by atoms with Gasteiger partial charge in [-0.25, -0.2) is 0 Å². The van der Waals surface area contributed by atoms with E-state index in [9.17, 15) is 13.2 Å². The Morgan fingerprint density at radius 3 is 2.67 bits per heavy atom. The van der Waals surface area contributed by atoms with Crippen molar-refractivity contribution in [2.45, 2.75) is 31.6 Å². The molecule has 0 aliphatic carbocycles. The van der Waals surface area contributed by atoms with E-state index in [1.165, 1.54) is 11.4 Å². The normalized spacial score (nSPS) is 26.4. The highest BCUT2D eigenvalue weighted by molar-refractivity contribution is 8.00. The zero-order valence-electron chi connectivity index (χ0n) is 10.9. The number of thioether (sulfide) groups is 1. The molecule has 1 rings (SSSR count). The van der Waals surface area contributed by atoms with E-state index >= 15 is 0 Å². The van der Waals surface area contributed by atoms with Gasteiger partial charge in [0.25, 0.3) is 10.2 Å². The summed E-state index contributed by atoms with van der Waals surface area (Å²) in [5.74, 6) is -0.218. The van der Waals surface area contributed by atoms with Gasteiger partial charge in [0.05, 0.1) is 6.42 Å². The molecule has 0 spiro atoms. The number of hydrogen-bond donors (Lipinski definition) is 1. The minimum Gasteiger partial charge on any atom is -0.481 e. The van der Waals surface area contributed by atoms with Gasteiger partial charge in [-0.3, -0.25) is 4.79 Å². The standard InChI is InChI=1S/C10H20N2O4S2/c1-8-9(2)17-7-6-12(8)18(15,16)11(3)5-4-10(13)14/h8-9H,4-7H2,1-3H3,(H,13,14). The molecule has 0 aromatic heterocycles. The van der Waals surface area contributed by atoms with Crippen LogP contribution in [0.4, 0.5) is 0 Å². The van der Waals surface area contributed by atoms with Crippen LogP contribution in [-0.2, 0) is 15.0 Å². The van der Waals surface area contributed by atoms with Crippen LogP contribution in [0.15, 0.2) is 0 Å². The summed E-state index contributed by atoms with van der Waals surface area (Å²) in [5.41, 5.74) is 0. The number of carboxylic acids is 1. The molecule has 6 nitrogen and oxygen atoms in total. The first-order valence-corrected chi connectivity index (χ1v) is 8.28. The van der Waals surface area contributed by atoms with Crippen LogP contribution in [0.5, 0.6) is 0 Å². The fraction of sp³-hybridized carbons (Fsp3) is 0.900. The van der Waals surface area contributed by atoms with Gasteiger partial charge < -0.3 is 5.11 Å². The smallest absolute Gasteiger partial charge is 0.304 e. The van der Waals surface area contributed by atoms with E-state index in [2.05, 4.69) is 0 Å². The zero-order valence-corrected chi connectivity index (χ0v) is 12.5. The Morgan fingerprint density at radius 1 is 1.50 bits per heavy atom. The zero-order chi connectivity index (χ0) is 13.9. The Morgan fingerprint density at radius 2 is 2.11 bits per heavy atom. The van der Waals surface area contributed by atoms with Crippen molar-refractivity contribution in [2.75, 3.05) is 25.9 Å². The summed E-state index contributed by atoms with van der Waals surface area (Å²) < 4.78 is 27.2. The first kappa shape index (κ1) is 15.7. The van der Waals surface area contributed by atoms with Crippen molar-refractivity contribution in [3.8, 4) is 0 Å². The fourth-order valence-corrected chi connectivity index (χ4v) is 4.68. The summed E-state index contributed by atoms with van der Waals surface area (Å²) in [7, 11) is -2.12. The highest BCUT2D eigenvalue weighted by Gasteiger charge is 2.36. The third kappa shape index (κ3) is 3.59. The van der Waals surface area contributed by atoms with E-state index in [4.69, 9.17) is 5.11 Å². The lowest BCUT2D eigenvalue weighted by Gasteiger charge is -2.38. The van der Waals surface area contributed by atoms with Gasteiger partial charge in [-0.15, -0.1) is 0 Å². The Labute approximate surface area is 113 Å². The summed E-state index contributed by atoms with van der Waals surface area (Å²) in [6, 6.07) is -0.0685. The predicted molar refractivity (Wildman–Crippen MR) is 71.9 cm³/mol. The van der Waals surface area contributed by atoms with E-state index in [0.717, 1.165) is 10.1 Å². The van der Waals surface area contributed by atoms with Crippen LogP contribution in [0, 0.1) is 0 Å². The first-order valence-electron chi connectivity index (χ1n) is 5.83. The predicted octanol–water partition coefficient (Wildman–Crippen LogP) is 0.464. The highest BCUT2D eigenvalue weighted by atomic mass is 32.2. The number of hydrogen-bond acceptors (Lipinski definition) is 4. The molecule has 2 atom stereocenters. The average Bonchev–Trinajstić information content (AvgIpc) is 2.29. The van der Waals surface area contributed by atoms with Crippen molar-refractivity contribution in [3.05, 3.63) is 0 Å². The van der Waals surface area contributed by atoms with Gasteiger partial charge >= 0.3 is 5.97 Å². The lowest BCUT2D eigenvalue weighted by Crippen LogP contribution is -2.52. The molecule has 0 bridgehead atoms. The molecule has 0 aromatic rings. The van der Waals surface area contributed by atoms with Crippen LogP contribution in [0.2, 0.25) is 0 Å². The molecule has 1 aliphatic rings. The summed E-state index contributed by atoms with van der Waals surface area (Å²) in [6.45, 7) is 4.38. The maximum atomic E-state index is 12.3. The molecule has 0 saturated carbocycles. The topological polar surface area (TPSA) is 77.9 Å². The van der Waals surface area contributed by atoms with Gasteiger partial charge in [0.1, 0.15) is 0 Å². The largest absolute Gasteiger partial charge is 0.481 e. The molecule has 0 radical (unpaired) electrons. The average molecular weight is 296 g/mol. The molecule has 1 fully saturated rings. The van der Waals surface area contributed by atoms with Crippen molar-refractivity contribution in [2.24, 2.45) is 0 Å². The Kier molecular flexibility index (Phi) is 5.45. The molecular formula is C10H20N2O4S2. The van der Waals surface area contributed by atoms with Crippen molar-refractivity contribution >= 4 is 27.9 Å². The molecule has 106 valence electrons. The van der Waals surface area contributed by atoms with Crippen LogP contribution < -0.4 is 0 Å². The number of rotatable bonds is 5. The maximum Gasteiger partial charge on any atom is 0.304 e. The van der Waals surface area contributed by atoms with Crippen LogP contribution in [0.3, 0.4) is 0 Å². The molecular weight excluding hydrogens is 276 g/mol. The monoisotopic (exact) mass is 296 g/mol. The van der Waals surface area contributed by atoms with Crippen LogP contribution in [0.25, 0.3) is 0 Å². The quantitative estimate of drug-likeness (QED) is 0.797. The van der Waals surface area contributed by atoms with Gasteiger partial charge in [0.15, 0.2) is 0 Å². The van der Waals surface area contributed by atoms with Gasteiger partial charge in [-0.05, 0) is 6.92 Å². The third-order valence-corrected chi connectivity index (χ3v) is 6.57. The number of aliphatic carboxylic acids is 1. The molecule has 0 aromatic carbocycles. The van der Waals surface area contributed by atoms with E-state index in [1.54, 1.807) is 11.8 Å². The molecule has 1 heterocycles. The second-order valence-corrected chi connectivity index (χ2v) is 7.87. The third-order valence-electron chi connectivity index (χ3n) is 3.16. The van der Waals surface area contributed by atoms with E-state index < -0.39 is 16.2 Å². The van der Waals surface area contributed by atoms with Crippen molar-refractivity contribution < 1.29 is 18.3 Å². The van der Waals surface area contributed by atoms with Crippen molar-refractivity contribution in [1.82, 2.24) is 8.61 Å². The Hall–Kier alpha value is -0.310. The van der Waals surface area contributed by atoms with Crippen LogP contribution >= 0.6 is 11.8 Å². The van der Waals surface area contributed by atoms with Gasteiger partial charge in [0.2, 0.25) is 0 Å². The number of nitrogens with zero attached hydrogens (tertiary/aromatic N) is 2. The first-order chi connectivity index (χ1) is 8.26. The summed E-state index contributed by atoms with van der Waals surface area (Å²) in [5, 5.41) is 8.85. The summed E-state index contributed by atoms with van der Waals surface area (Å²) in [4.78, 5) is 10.5. The number of carbonyl (C=O) groups is 1. The second-order valence-electron chi connectivity index (χ2n) is 4.40. The minimum atomic E-state index is -3.55. The molecule has 8 heteroatoms. The lowest BCUT2D eigenvalue weighted by molar-refractivity contribution is -0.137. The second kappa shape index (κ2) is 6.23. The highest BCUT2D eigenvalue weighted by Crippen LogP contribution is 2.27. The van der Waals surface area contributed by atoms with Crippen LogP contribution in [-0.4, -0.2) is 65.3 Å². The summed E-state index contributed by atoms with van der Waals surface area (Å²) >= 11 is 1.76. The maximum absolute atomic E-state index is 12.3. The molecule has 1 N–H and O–H groups in total. The SMILES string of the molecule is CC1SCCN(S(=O)(=O)N(C)CCC(=O)O)C1C. The van der Waals surface area contributed by atoms with Crippen LogP contribution in [0.1, 0.15) is 20.3 Å². The summed E-state index contributed by atoms with van der Waals surface area (Å²) in [6.07, 6.45) is -0.178. The Bertz CT molecular complexity index is 399. The van der Waals surface area contributed by atoms with Gasteiger partial charge in [0, 0.05) is 37.2 Å². The van der Waals surface area contributed by atoms with Crippen molar-refractivity contribution in [3.63, 3.8) is 0 Å². The number of carboxylic acid groups (broad SMARTS) is 1. The van der Waals surface area contributed by atoms with E-state index in [-0.39, 0.29) is 24.3 Å². The van der Waals surface area contributed by atoms with Gasteiger partial charge in [-0.2, -0.15) is 28.8 Å². The lowest BCUT2D eigenvalue weighted by atomic mass is 10.2. The minimum absolute atomic E-state index is 0.00239. The fourth-order valence-electron chi connectivity index (χ4n) is 1.78.